The highest BCUT2D eigenvalue weighted by molar-refractivity contribution is 7.10. The van der Waals surface area contributed by atoms with Crippen LogP contribution in [0, 0.1) is 5.92 Å². The first-order valence-electron chi connectivity index (χ1n) is 3.77. The number of thiophene rings is 1. The minimum atomic E-state index is 0.0625. The van der Waals surface area contributed by atoms with Crippen LogP contribution in [-0.4, -0.2) is 0 Å². The molecule has 2 rings (SSSR count). The molecule has 0 spiro atoms. The zero-order chi connectivity index (χ0) is 7.68. The molecule has 1 aliphatic carbocycles. The van der Waals surface area contributed by atoms with Gasteiger partial charge in [0.25, 0.3) is 0 Å². The molecular formula is C9H9FS. The number of allylic oxidation sites excluding steroid dienone is 1. The van der Waals surface area contributed by atoms with Crippen molar-refractivity contribution in [3.05, 3.63) is 28.2 Å². The minimum absolute atomic E-state index is 0.0625. The summed E-state index contributed by atoms with van der Waals surface area (Å²) >= 11 is 1.58. The predicted octanol–water partition coefficient (Wildman–Crippen LogP) is 3.47. The topological polar surface area (TPSA) is 0 Å². The van der Waals surface area contributed by atoms with Crippen LogP contribution in [0.5, 0.6) is 0 Å². The van der Waals surface area contributed by atoms with Gasteiger partial charge in [0.05, 0.1) is 0 Å². The highest BCUT2D eigenvalue weighted by Crippen LogP contribution is 2.38. The Morgan fingerprint density at radius 1 is 1.64 bits per heavy atom. The summed E-state index contributed by atoms with van der Waals surface area (Å²) in [5.74, 6) is 0.310. The Labute approximate surface area is 69.4 Å². The van der Waals surface area contributed by atoms with E-state index in [1.807, 2.05) is 17.5 Å². The highest BCUT2D eigenvalue weighted by atomic mass is 32.1. The molecule has 0 amide bonds. The molecule has 0 bridgehead atoms. The standard InChI is InChI=1S/C9H9FS/c10-9(7-3-4-7)6-8-2-1-5-11-8/h1-2,5-7H,3-4H2/b9-6-. The molecule has 2 heteroatoms. The molecule has 1 aromatic rings. The van der Waals surface area contributed by atoms with Crippen LogP contribution in [0.1, 0.15) is 17.7 Å². The molecule has 0 N–H and O–H groups in total. The Morgan fingerprint density at radius 3 is 3.00 bits per heavy atom. The Bertz CT molecular complexity index is 257. The van der Waals surface area contributed by atoms with E-state index in [1.54, 1.807) is 17.4 Å². The van der Waals surface area contributed by atoms with Crippen molar-refractivity contribution in [3.8, 4) is 0 Å². The van der Waals surface area contributed by atoms with E-state index in [2.05, 4.69) is 0 Å². The van der Waals surface area contributed by atoms with Crippen LogP contribution in [0.4, 0.5) is 4.39 Å². The molecule has 0 atom stereocenters. The number of rotatable bonds is 2. The number of hydrogen-bond donors (Lipinski definition) is 0. The maximum atomic E-state index is 13.0. The monoisotopic (exact) mass is 168 g/mol. The van der Waals surface area contributed by atoms with Gasteiger partial charge >= 0.3 is 0 Å². The summed E-state index contributed by atoms with van der Waals surface area (Å²) < 4.78 is 13.0. The quantitative estimate of drug-likeness (QED) is 0.634. The second kappa shape index (κ2) is 2.78. The van der Waals surface area contributed by atoms with Crippen LogP contribution in [0.3, 0.4) is 0 Å². The Kier molecular flexibility index (Phi) is 1.78. The minimum Gasteiger partial charge on any atom is -0.211 e. The van der Waals surface area contributed by atoms with E-state index in [1.165, 1.54) is 0 Å². The lowest BCUT2D eigenvalue weighted by atomic mass is 10.3. The van der Waals surface area contributed by atoms with Crippen LogP contribution < -0.4 is 0 Å². The van der Waals surface area contributed by atoms with E-state index >= 15 is 0 Å². The maximum Gasteiger partial charge on any atom is 0.104 e. The molecular weight excluding hydrogens is 159 g/mol. The average molecular weight is 168 g/mol. The summed E-state index contributed by atoms with van der Waals surface area (Å²) in [4.78, 5) is 1.02. The van der Waals surface area contributed by atoms with E-state index in [-0.39, 0.29) is 11.7 Å². The largest absolute Gasteiger partial charge is 0.211 e. The normalized spacial score (nSPS) is 18.8. The van der Waals surface area contributed by atoms with Crippen molar-refractivity contribution in [2.45, 2.75) is 12.8 Å². The van der Waals surface area contributed by atoms with Gasteiger partial charge in [-0.2, -0.15) is 0 Å². The van der Waals surface area contributed by atoms with Crippen LogP contribution in [0.25, 0.3) is 6.08 Å². The molecule has 58 valence electrons. The number of hydrogen-bond acceptors (Lipinski definition) is 1. The lowest BCUT2D eigenvalue weighted by Crippen LogP contribution is -1.73. The summed E-state index contributed by atoms with van der Waals surface area (Å²) in [6, 6.07) is 3.88. The highest BCUT2D eigenvalue weighted by Gasteiger charge is 2.26. The molecule has 0 saturated heterocycles. The van der Waals surface area contributed by atoms with E-state index in [9.17, 15) is 4.39 Å². The van der Waals surface area contributed by atoms with E-state index in [0.717, 1.165) is 17.7 Å². The molecule has 0 nitrogen and oxygen atoms in total. The Hall–Kier alpha value is -0.630. The van der Waals surface area contributed by atoms with Crippen molar-refractivity contribution >= 4 is 17.4 Å². The van der Waals surface area contributed by atoms with Gasteiger partial charge in [-0.25, -0.2) is 4.39 Å². The predicted molar refractivity (Wildman–Crippen MR) is 46.1 cm³/mol. The lowest BCUT2D eigenvalue weighted by molar-refractivity contribution is 0.587. The molecule has 1 aliphatic rings. The molecule has 1 heterocycles. The SMILES string of the molecule is F/C(=C\c1cccs1)C1CC1. The first-order valence-corrected chi connectivity index (χ1v) is 4.65. The average Bonchev–Trinajstić information content (AvgIpc) is 2.73. The van der Waals surface area contributed by atoms with E-state index in [4.69, 9.17) is 0 Å². The van der Waals surface area contributed by atoms with Gasteiger partial charge in [0, 0.05) is 10.8 Å². The first kappa shape index (κ1) is 7.04. The van der Waals surface area contributed by atoms with Crippen molar-refractivity contribution in [2.24, 2.45) is 5.92 Å². The second-order valence-corrected chi connectivity index (χ2v) is 3.80. The molecule has 0 unspecified atom stereocenters. The van der Waals surface area contributed by atoms with Gasteiger partial charge < -0.3 is 0 Å². The third-order valence-electron chi connectivity index (χ3n) is 1.79. The summed E-state index contributed by atoms with van der Waals surface area (Å²) in [5, 5.41) is 1.96. The summed E-state index contributed by atoms with van der Waals surface area (Å²) in [6.07, 6.45) is 3.73. The fraction of sp³-hybridized carbons (Fsp3) is 0.333. The van der Waals surface area contributed by atoms with Gasteiger partial charge in [0.2, 0.25) is 0 Å². The molecule has 1 fully saturated rings. The third-order valence-corrected chi connectivity index (χ3v) is 2.61. The van der Waals surface area contributed by atoms with Crippen molar-refractivity contribution in [3.63, 3.8) is 0 Å². The number of halogens is 1. The molecule has 1 aromatic heterocycles. The molecule has 11 heavy (non-hydrogen) atoms. The fourth-order valence-corrected chi connectivity index (χ4v) is 1.64. The van der Waals surface area contributed by atoms with Crippen molar-refractivity contribution in [2.75, 3.05) is 0 Å². The van der Waals surface area contributed by atoms with Crippen LogP contribution in [0.15, 0.2) is 23.3 Å². The Morgan fingerprint density at radius 2 is 2.45 bits per heavy atom. The van der Waals surface area contributed by atoms with Gasteiger partial charge in [-0.05, 0) is 30.4 Å². The van der Waals surface area contributed by atoms with Crippen molar-refractivity contribution in [1.29, 1.82) is 0 Å². The van der Waals surface area contributed by atoms with Crippen LogP contribution in [0.2, 0.25) is 0 Å². The molecule has 0 radical (unpaired) electrons. The lowest BCUT2D eigenvalue weighted by Gasteiger charge is -1.88. The zero-order valence-electron chi connectivity index (χ0n) is 6.09. The third kappa shape index (κ3) is 1.69. The van der Waals surface area contributed by atoms with Crippen LogP contribution >= 0.6 is 11.3 Å². The van der Waals surface area contributed by atoms with E-state index in [0.29, 0.717) is 0 Å². The first-order chi connectivity index (χ1) is 5.36. The maximum absolute atomic E-state index is 13.0. The molecule has 1 saturated carbocycles. The van der Waals surface area contributed by atoms with Gasteiger partial charge in [-0.3, -0.25) is 0 Å². The second-order valence-electron chi connectivity index (χ2n) is 2.82. The summed E-state index contributed by atoms with van der Waals surface area (Å²) in [6.45, 7) is 0. The molecule has 0 aromatic carbocycles. The van der Waals surface area contributed by atoms with Gasteiger partial charge in [-0.15, -0.1) is 11.3 Å². The smallest absolute Gasteiger partial charge is 0.104 e. The summed E-state index contributed by atoms with van der Waals surface area (Å²) in [7, 11) is 0. The zero-order valence-corrected chi connectivity index (χ0v) is 6.90. The van der Waals surface area contributed by atoms with Crippen molar-refractivity contribution in [1.82, 2.24) is 0 Å². The van der Waals surface area contributed by atoms with Crippen molar-refractivity contribution < 1.29 is 4.39 Å². The van der Waals surface area contributed by atoms with Gasteiger partial charge in [-0.1, -0.05) is 6.07 Å². The Balaban J connectivity index is 2.13. The molecule has 0 aliphatic heterocycles. The fourth-order valence-electron chi connectivity index (χ4n) is 0.986. The van der Waals surface area contributed by atoms with Gasteiger partial charge in [0.1, 0.15) is 5.83 Å². The summed E-state index contributed by atoms with van der Waals surface area (Å²) in [5.41, 5.74) is 0. The van der Waals surface area contributed by atoms with E-state index < -0.39 is 0 Å². The van der Waals surface area contributed by atoms with Crippen LogP contribution in [-0.2, 0) is 0 Å². The van der Waals surface area contributed by atoms with Gasteiger partial charge in [0.15, 0.2) is 0 Å².